The van der Waals surface area contributed by atoms with E-state index in [-0.39, 0.29) is 11.7 Å². The summed E-state index contributed by atoms with van der Waals surface area (Å²) in [7, 11) is 0. The molecule has 1 radical (unpaired) electrons. The summed E-state index contributed by atoms with van der Waals surface area (Å²) in [5.41, 5.74) is 9.63. The molecule has 24 heavy (non-hydrogen) atoms. The van der Waals surface area contributed by atoms with Crippen LogP contribution < -0.4 is 10.6 Å². The Bertz CT molecular complexity index is 800. The lowest BCUT2D eigenvalue weighted by atomic mass is 9.89. The highest BCUT2D eigenvalue weighted by molar-refractivity contribution is 6.33. The fourth-order valence-electron chi connectivity index (χ4n) is 3.69. The van der Waals surface area contributed by atoms with Crippen molar-refractivity contribution in [2.75, 3.05) is 11.4 Å². The molecule has 2 unspecified atom stereocenters. The zero-order chi connectivity index (χ0) is 16.8. The van der Waals surface area contributed by atoms with Crippen LogP contribution in [0.1, 0.15) is 34.5 Å². The maximum absolute atomic E-state index is 12.3. The zero-order valence-corrected chi connectivity index (χ0v) is 13.8. The number of nitrogens with two attached hydrogens (primary N) is 1. The molecule has 2 N–H and O–H groups in total. The van der Waals surface area contributed by atoms with Gasteiger partial charge in [0, 0.05) is 12.7 Å². The lowest BCUT2D eigenvalue weighted by Crippen LogP contribution is -2.31. The second-order valence-electron chi connectivity index (χ2n) is 6.34. The molecule has 1 aromatic rings. The third-order valence-corrected chi connectivity index (χ3v) is 5.25. The number of primary amides is 1. The van der Waals surface area contributed by atoms with E-state index in [4.69, 9.17) is 17.3 Å². The molecular formula is C18H17ClN3O2. The fourth-order valence-corrected chi connectivity index (χ4v) is 3.92. The third kappa shape index (κ3) is 2.35. The predicted octanol–water partition coefficient (Wildman–Crippen LogP) is 2.14. The van der Waals surface area contributed by atoms with Crippen LogP contribution in [0.15, 0.2) is 30.1 Å². The average Bonchev–Trinajstić information content (AvgIpc) is 3.02. The Balaban J connectivity index is 1.74. The summed E-state index contributed by atoms with van der Waals surface area (Å²) in [5, 5.41) is -0.551. The van der Waals surface area contributed by atoms with Crippen LogP contribution in [-0.4, -0.2) is 28.6 Å². The Hall–Kier alpha value is -2.14. The molecule has 5 nitrogen and oxygen atoms in total. The van der Waals surface area contributed by atoms with E-state index in [9.17, 15) is 9.59 Å². The van der Waals surface area contributed by atoms with Crippen molar-refractivity contribution in [2.24, 2.45) is 11.7 Å². The smallest absolute Gasteiger partial charge is 0.267 e. The normalized spacial score (nSPS) is 25.3. The molecule has 0 fully saturated rings. The maximum Gasteiger partial charge on any atom is 0.267 e. The molecule has 2 heterocycles. The fraction of sp³-hybridized carbons (Fsp3) is 0.333. The lowest BCUT2D eigenvalue weighted by Gasteiger charge is -2.26. The van der Waals surface area contributed by atoms with Gasteiger partial charge in [0.25, 0.3) is 5.91 Å². The molecule has 2 atom stereocenters. The standard InChI is InChI=1S/C18H17ClN3O2/c19-14-6-5-10-8-22(9-13(10)17(14)23)15-7-21-16(18(20)24)12-4-2-1-3-11(12)15/h4-8,13-14H,1-3,9H2,(H2,20,24). The molecule has 4 rings (SSSR count). The molecule has 3 aliphatic rings. The second-order valence-corrected chi connectivity index (χ2v) is 6.81. The highest BCUT2D eigenvalue weighted by Gasteiger charge is 2.36. The summed E-state index contributed by atoms with van der Waals surface area (Å²) in [6, 6.07) is 0. The van der Waals surface area contributed by atoms with Gasteiger partial charge < -0.3 is 10.6 Å². The number of halogens is 1. The Morgan fingerprint density at radius 3 is 3.04 bits per heavy atom. The average molecular weight is 343 g/mol. The largest absolute Gasteiger partial charge is 0.364 e. The number of carbonyl (C=O) groups excluding carboxylic acids is 2. The van der Waals surface area contributed by atoms with Gasteiger partial charge in [0.15, 0.2) is 5.78 Å². The molecule has 1 aromatic heterocycles. The number of fused-ring (bicyclic) bond motifs is 2. The van der Waals surface area contributed by atoms with Crippen molar-refractivity contribution in [3.63, 3.8) is 0 Å². The maximum atomic E-state index is 12.3. The third-order valence-electron chi connectivity index (χ3n) is 4.89. The van der Waals surface area contributed by atoms with Crippen LogP contribution in [0.25, 0.3) is 0 Å². The number of hydrogen-bond acceptors (Lipinski definition) is 4. The lowest BCUT2D eigenvalue weighted by molar-refractivity contribution is -0.120. The number of rotatable bonds is 2. The first-order chi connectivity index (χ1) is 11.6. The summed E-state index contributed by atoms with van der Waals surface area (Å²) in [4.78, 5) is 30.2. The number of amides is 1. The van der Waals surface area contributed by atoms with Gasteiger partial charge in [0.05, 0.1) is 17.8 Å². The van der Waals surface area contributed by atoms with Gasteiger partial charge >= 0.3 is 0 Å². The minimum Gasteiger partial charge on any atom is -0.364 e. The molecule has 0 spiro atoms. The first-order valence-electron chi connectivity index (χ1n) is 8.05. The Kier molecular flexibility index (Phi) is 3.68. The van der Waals surface area contributed by atoms with Crippen LogP contribution in [0, 0.1) is 12.3 Å². The topological polar surface area (TPSA) is 76.3 Å². The SMILES string of the molecule is NC(=O)c1ncc(N2C=C3C=CC(Cl)C(=O)C3C2)c2c1[CH]CCC2. The Morgan fingerprint density at radius 2 is 2.25 bits per heavy atom. The monoisotopic (exact) mass is 342 g/mol. The van der Waals surface area contributed by atoms with Crippen molar-refractivity contribution in [1.82, 2.24) is 4.98 Å². The van der Waals surface area contributed by atoms with E-state index in [0.717, 1.165) is 41.6 Å². The van der Waals surface area contributed by atoms with Crippen LogP contribution >= 0.6 is 11.6 Å². The van der Waals surface area contributed by atoms with E-state index < -0.39 is 11.3 Å². The number of hydrogen-bond donors (Lipinski definition) is 1. The van der Waals surface area contributed by atoms with Gasteiger partial charge in [0.1, 0.15) is 11.1 Å². The van der Waals surface area contributed by atoms with Crippen molar-refractivity contribution >= 4 is 29.0 Å². The van der Waals surface area contributed by atoms with Gasteiger partial charge in [-0.05, 0) is 42.4 Å². The molecule has 0 saturated carbocycles. The van der Waals surface area contributed by atoms with Gasteiger partial charge in [-0.3, -0.25) is 9.59 Å². The molecule has 2 aliphatic carbocycles. The number of carbonyl (C=O) groups is 2. The van der Waals surface area contributed by atoms with E-state index in [1.165, 1.54) is 0 Å². The first-order valence-corrected chi connectivity index (χ1v) is 8.49. The first kappa shape index (κ1) is 15.4. The molecule has 0 aromatic carbocycles. The summed E-state index contributed by atoms with van der Waals surface area (Å²) in [6.45, 7) is 0.561. The van der Waals surface area contributed by atoms with Crippen LogP contribution in [-0.2, 0) is 11.2 Å². The zero-order valence-electron chi connectivity index (χ0n) is 13.0. The number of aromatic nitrogens is 1. The number of anilines is 1. The van der Waals surface area contributed by atoms with Gasteiger partial charge in [0.2, 0.25) is 0 Å². The van der Waals surface area contributed by atoms with Crippen LogP contribution in [0.2, 0.25) is 0 Å². The molecule has 1 amide bonds. The summed E-state index contributed by atoms with van der Waals surface area (Å²) in [6.07, 6.45) is 12.2. The highest BCUT2D eigenvalue weighted by Crippen LogP contribution is 2.38. The number of pyridine rings is 1. The number of allylic oxidation sites excluding steroid dienone is 2. The summed E-state index contributed by atoms with van der Waals surface area (Å²) in [5.74, 6) is -0.668. The Labute approximate surface area is 145 Å². The number of ketones is 1. The van der Waals surface area contributed by atoms with Crippen molar-refractivity contribution in [3.05, 3.63) is 53.4 Å². The van der Waals surface area contributed by atoms with Crippen LogP contribution in [0.5, 0.6) is 0 Å². The number of alkyl halides is 1. The van der Waals surface area contributed by atoms with Crippen LogP contribution in [0.3, 0.4) is 0 Å². The number of Topliss-reactive ketones (excluding diaryl/α,β-unsaturated/α-hetero) is 1. The second kappa shape index (κ2) is 5.74. The molecule has 0 bridgehead atoms. The molecule has 1 aliphatic heterocycles. The van der Waals surface area contributed by atoms with Gasteiger partial charge in [-0.25, -0.2) is 4.98 Å². The predicted molar refractivity (Wildman–Crippen MR) is 91.8 cm³/mol. The quantitative estimate of drug-likeness (QED) is 0.835. The van der Waals surface area contributed by atoms with Crippen molar-refractivity contribution < 1.29 is 9.59 Å². The van der Waals surface area contributed by atoms with E-state index in [0.29, 0.717) is 12.2 Å². The molecule has 0 saturated heterocycles. The van der Waals surface area contributed by atoms with Crippen LogP contribution in [0.4, 0.5) is 5.69 Å². The molecule has 123 valence electrons. The van der Waals surface area contributed by atoms with Gasteiger partial charge in [-0.1, -0.05) is 12.2 Å². The van der Waals surface area contributed by atoms with E-state index >= 15 is 0 Å². The van der Waals surface area contributed by atoms with E-state index in [1.807, 2.05) is 23.6 Å². The summed E-state index contributed by atoms with van der Waals surface area (Å²) < 4.78 is 0. The highest BCUT2D eigenvalue weighted by atomic mass is 35.5. The number of nitrogens with zero attached hydrogens (tertiary/aromatic N) is 2. The Morgan fingerprint density at radius 1 is 1.42 bits per heavy atom. The van der Waals surface area contributed by atoms with Gasteiger partial charge in [-0.2, -0.15) is 0 Å². The van der Waals surface area contributed by atoms with E-state index in [1.54, 1.807) is 12.3 Å². The minimum atomic E-state index is -0.551. The minimum absolute atomic E-state index is 0.0371. The van der Waals surface area contributed by atoms with Gasteiger partial charge in [-0.15, -0.1) is 11.6 Å². The summed E-state index contributed by atoms with van der Waals surface area (Å²) >= 11 is 6.05. The van der Waals surface area contributed by atoms with Crippen molar-refractivity contribution in [2.45, 2.75) is 24.6 Å². The van der Waals surface area contributed by atoms with Crippen molar-refractivity contribution in [1.29, 1.82) is 0 Å². The molecular weight excluding hydrogens is 326 g/mol. The van der Waals surface area contributed by atoms with E-state index in [2.05, 4.69) is 4.98 Å². The molecule has 6 heteroatoms. The van der Waals surface area contributed by atoms with Crippen molar-refractivity contribution in [3.8, 4) is 0 Å².